The van der Waals surface area contributed by atoms with Crippen LogP contribution in [0.1, 0.15) is 70.9 Å². The smallest absolute Gasteiger partial charge is 0.0379 e. The molecule has 0 radical (unpaired) electrons. The molecule has 0 spiro atoms. The molecule has 0 saturated heterocycles. The summed E-state index contributed by atoms with van der Waals surface area (Å²) in [5.74, 6) is 0.816. The molecule has 2 rings (SSSR count). The van der Waals surface area contributed by atoms with Crippen LogP contribution in [-0.4, -0.2) is 0 Å². The van der Waals surface area contributed by atoms with E-state index in [2.05, 4.69) is 84.3 Å². The number of hydrogen-bond acceptors (Lipinski definition) is 1. The van der Waals surface area contributed by atoms with Crippen LogP contribution in [0.25, 0.3) is 0 Å². The minimum absolute atomic E-state index is 0.224. The van der Waals surface area contributed by atoms with E-state index in [0.29, 0.717) is 5.92 Å². The van der Waals surface area contributed by atoms with Crippen LogP contribution < -0.4 is 5.32 Å². The summed E-state index contributed by atoms with van der Waals surface area (Å²) < 4.78 is 0. The summed E-state index contributed by atoms with van der Waals surface area (Å²) in [6, 6.07) is 8.91. The second-order valence-corrected chi connectivity index (χ2v) is 8.10. The van der Waals surface area contributed by atoms with Gasteiger partial charge < -0.3 is 5.32 Å². The molecule has 0 aliphatic carbocycles. The van der Waals surface area contributed by atoms with Gasteiger partial charge in [-0.2, -0.15) is 0 Å². The zero-order valence-corrected chi connectivity index (χ0v) is 17.5. The first-order chi connectivity index (χ1) is 12.3. The van der Waals surface area contributed by atoms with Crippen molar-refractivity contribution in [2.24, 2.45) is 5.92 Å². The van der Waals surface area contributed by atoms with Crippen LogP contribution in [0.3, 0.4) is 0 Å². The van der Waals surface area contributed by atoms with Gasteiger partial charge in [-0.05, 0) is 67.4 Å². The van der Waals surface area contributed by atoms with E-state index in [1.54, 1.807) is 0 Å². The molecule has 140 valence electrons. The molecule has 1 aromatic rings. The molecule has 1 N–H and O–H groups in total. The summed E-state index contributed by atoms with van der Waals surface area (Å²) in [6.45, 7) is 22.2. The molecule has 1 aliphatic heterocycles. The first-order valence-electron chi connectivity index (χ1n) is 9.87. The van der Waals surface area contributed by atoms with Crippen molar-refractivity contribution in [1.82, 2.24) is 5.32 Å². The van der Waals surface area contributed by atoms with Crippen LogP contribution in [0, 0.1) is 12.8 Å². The summed E-state index contributed by atoms with van der Waals surface area (Å²) in [5, 5.41) is 3.62. The minimum Gasteiger partial charge on any atom is -0.362 e. The average molecular weight is 350 g/mol. The zero-order valence-electron chi connectivity index (χ0n) is 17.5. The molecule has 0 fully saturated rings. The van der Waals surface area contributed by atoms with Gasteiger partial charge in [-0.15, -0.1) is 0 Å². The quantitative estimate of drug-likeness (QED) is 0.549. The van der Waals surface area contributed by atoms with Crippen molar-refractivity contribution in [3.63, 3.8) is 0 Å². The maximum absolute atomic E-state index is 4.48. The number of rotatable bonds is 7. The number of nitrogens with one attached hydrogen (secondary N) is 1. The van der Waals surface area contributed by atoms with E-state index in [4.69, 9.17) is 0 Å². The van der Waals surface area contributed by atoms with E-state index in [9.17, 15) is 0 Å². The lowest BCUT2D eigenvalue weighted by Gasteiger charge is -2.35. The summed E-state index contributed by atoms with van der Waals surface area (Å²) >= 11 is 0. The molecule has 0 saturated carbocycles. The number of aryl methyl sites for hydroxylation is 1. The van der Waals surface area contributed by atoms with Gasteiger partial charge in [0, 0.05) is 17.3 Å². The molecule has 1 aromatic carbocycles. The molecule has 1 unspecified atom stereocenters. The second kappa shape index (κ2) is 8.58. The minimum atomic E-state index is 0.224. The summed E-state index contributed by atoms with van der Waals surface area (Å²) in [7, 11) is 0. The van der Waals surface area contributed by atoms with Crippen molar-refractivity contribution in [3.05, 3.63) is 82.2 Å². The lowest BCUT2D eigenvalue weighted by Crippen LogP contribution is -2.26. The normalized spacial score (nSPS) is 17.6. The van der Waals surface area contributed by atoms with Crippen molar-refractivity contribution in [3.8, 4) is 0 Å². The highest BCUT2D eigenvalue weighted by Gasteiger charge is 2.31. The molecule has 1 atom stereocenters. The maximum Gasteiger partial charge on any atom is 0.0379 e. The predicted octanol–water partition coefficient (Wildman–Crippen LogP) is 7.19. The van der Waals surface area contributed by atoms with E-state index in [1.807, 2.05) is 0 Å². The Morgan fingerprint density at radius 2 is 1.65 bits per heavy atom. The van der Waals surface area contributed by atoms with E-state index >= 15 is 0 Å². The summed E-state index contributed by atoms with van der Waals surface area (Å²) in [6.07, 6.45) is 3.16. The lowest BCUT2D eigenvalue weighted by molar-refractivity contribution is 0.634. The largest absolute Gasteiger partial charge is 0.362 e. The molecule has 0 bridgehead atoms. The van der Waals surface area contributed by atoms with Crippen LogP contribution in [0.2, 0.25) is 0 Å². The summed E-state index contributed by atoms with van der Waals surface area (Å²) in [5.41, 5.74) is 10.3. The fourth-order valence-electron chi connectivity index (χ4n) is 4.15. The Hall–Kier alpha value is -2.02. The molecule has 0 amide bonds. The number of benzene rings is 1. The highest BCUT2D eigenvalue weighted by Crippen LogP contribution is 2.45. The van der Waals surface area contributed by atoms with Gasteiger partial charge in [-0.25, -0.2) is 0 Å². The first kappa shape index (κ1) is 20.3. The Kier molecular flexibility index (Phi) is 6.69. The molecular weight excluding hydrogens is 314 g/mol. The Bertz CT molecular complexity index is 758. The van der Waals surface area contributed by atoms with Gasteiger partial charge in [0.1, 0.15) is 0 Å². The standard InChI is InChI=1S/C25H35N/c1-9-11-18(5)23-20(7)26-21(8)24(19(6)14-16(2)3)25(23)22-13-10-12-17(4)15-22/h10,12-13,15-16,25-26H,5-6,9,11,14H2,1-4,7-8H3. The van der Waals surface area contributed by atoms with Gasteiger partial charge in [0.15, 0.2) is 0 Å². The maximum atomic E-state index is 4.48. The van der Waals surface area contributed by atoms with Gasteiger partial charge in [0.2, 0.25) is 0 Å². The Labute approximate surface area is 160 Å². The number of hydrogen-bond donors (Lipinski definition) is 1. The Morgan fingerprint density at radius 1 is 1.04 bits per heavy atom. The molecule has 26 heavy (non-hydrogen) atoms. The third kappa shape index (κ3) is 4.38. The topological polar surface area (TPSA) is 12.0 Å². The molecule has 1 heterocycles. The van der Waals surface area contributed by atoms with Gasteiger partial charge in [-0.3, -0.25) is 0 Å². The van der Waals surface area contributed by atoms with Crippen LogP contribution in [-0.2, 0) is 0 Å². The van der Waals surface area contributed by atoms with Crippen LogP contribution in [0.4, 0.5) is 0 Å². The SMILES string of the molecule is C=C(CCC)C1=C(C)NC(C)=C(C(=C)CC(C)C)C1c1cccc(C)c1. The lowest BCUT2D eigenvalue weighted by atomic mass is 9.73. The Balaban J connectivity index is 2.63. The highest BCUT2D eigenvalue weighted by atomic mass is 14.9. The van der Waals surface area contributed by atoms with Crippen LogP contribution in [0.15, 0.2) is 71.1 Å². The van der Waals surface area contributed by atoms with Crippen molar-refractivity contribution in [2.75, 3.05) is 0 Å². The van der Waals surface area contributed by atoms with Gasteiger partial charge in [0.05, 0.1) is 0 Å². The molecule has 1 aliphatic rings. The first-order valence-corrected chi connectivity index (χ1v) is 9.87. The van der Waals surface area contributed by atoms with Gasteiger partial charge >= 0.3 is 0 Å². The molecular formula is C25H35N. The van der Waals surface area contributed by atoms with E-state index in [0.717, 1.165) is 19.3 Å². The third-order valence-corrected chi connectivity index (χ3v) is 5.10. The highest BCUT2D eigenvalue weighted by molar-refractivity contribution is 5.58. The monoisotopic (exact) mass is 349 g/mol. The van der Waals surface area contributed by atoms with Gasteiger partial charge in [-0.1, -0.05) is 70.2 Å². The molecule has 1 heteroatoms. The van der Waals surface area contributed by atoms with Gasteiger partial charge in [0.25, 0.3) is 0 Å². The fourth-order valence-corrected chi connectivity index (χ4v) is 4.15. The van der Waals surface area contributed by atoms with Crippen LogP contribution in [0.5, 0.6) is 0 Å². The molecule has 1 nitrogen and oxygen atoms in total. The van der Waals surface area contributed by atoms with E-state index < -0.39 is 0 Å². The third-order valence-electron chi connectivity index (χ3n) is 5.10. The molecule has 0 aromatic heterocycles. The van der Waals surface area contributed by atoms with Crippen molar-refractivity contribution in [2.45, 2.75) is 66.7 Å². The van der Waals surface area contributed by atoms with Crippen molar-refractivity contribution in [1.29, 1.82) is 0 Å². The summed E-state index contributed by atoms with van der Waals surface area (Å²) in [4.78, 5) is 0. The zero-order chi connectivity index (χ0) is 19.4. The number of dihydropyridines is 1. The number of allylic oxidation sites excluding steroid dienone is 6. The van der Waals surface area contributed by atoms with Crippen molar-refractivity contribution >= 4 is 0 Å². The van der Waals surface area contributed by atoms with E-state index in [-0.39, 0.29) is 5.92 Å². The predicted molar refractivity (Wildman–Crippen MR) is 115 cm³/mol. The second-order valence-electron chi connectivity index (χ2n) is 8.10. The Morgan fingerprint density at radius 3 is 2.19 bits per heavy atom. The average Bonchev–Trinajstić information content (AvgIpc) is 2.53. The van der Waals surface area contributed by atoms with Crippen LogP contribution >= 0.6 is 0 Å². The fraction of sp³-hybridized carbons (Fsp3) is 0.440. The van der Waals surface area contributed by atoms with E-state index in [1.165, 1.54) is 44.8 Å². The van der Waals surface area contributed by atoms with Crippen molar-refractivity contribution < 1.29 is 0 Å².